The van der Waals surface area contributed by atoms with E-state index in [0.29, 0.717) is 0 Å². The fraction of sp³-hybridized carbons (Fsp3) is 0.500. The van der Waals surface area contributed by atoms with Crippen LogP contribution in [0.4, 0.5) is 0 Å². The maximum atomic E-state index is 13.8. The van der Waals surface area contributed by atoms with Crippen LogP contribution < -0.4 is 5.32 Å². The van der Waals surface area contributed by atoms with E-state index in [2.05, 4.69) is 5.32 Å². The summed E-state index contributed by atoms with van der Waals surface area (Å²) in [6.07, 6.45) is 0.0828. The number of phenolic OH excluding ortho intramolecular Hbond substituents is 1. The van der Waals surface area contributed by atoms with Gasteiger partial charge in [-0.2, -0.15) is 0 Å². The van der Waals surface area contributed by atoms with E-state index < -0.39 is 82.7 Å². The van der Waals surface area contributed by atoms with Gasteiger partial charge in [-0.05, 0) is 51.8 Å². The van der Waals surface area contributed by atoms with Gasteiger partial charge in [0.05, 0.1) is 35.7 Å². The van der Waals surface area contributed by atoms with Gasteiger partial charge in [-0.3, -0.25) is 19.2 Å². The number of rotatable bonds is 0. The average Bonchev–Trinajstić information content (AvgIpc) is 3.03. The summed E-state index contributed by atoms with van der Waals surface area (Å²) in [5.74, 6) is -6.78. The predicted octanol–water partition coefficient (Wildman–Crippen LogP) is 2.85. The van der Waals surface area contributed by atoms with E-state index in [1.54, 1.807) is 19.9 Å². The molecule has 9 atom stereocenters. The van der Waals surface area contributed by atoms with Crippen molar-refractivity contribution in [1.29, 1.82) is 0 Å². The van der Waals surface area contributed by atoms with Crippen LogP contribution in [0, 0.1) is 30.6 Å². The molecule has 0 aromatic heterocycles. The number of nitrogens with one attached hydrogen (secondary N) is 1. The van der Waals surface area contributed by atoms with Crippen molar-refractivity contribution in [1.82, 2.24) is 5.32 Å². The third-order valence-corrected chi connectivity index (χ3v) is 9.71. The number of hydrogen-bond donors (Lipinski definition) is 7. The van der Waals surface area contributed by atoms with Crippen molar-refractivity contribution in [3.05, 3.63) is 75.0 Å². The molecule has 1 amide bonds. The van der Waals surface area contributed by atoms with E-state index in [4.69, 9.17) is 0 Å². The van der Waals surface area contributed by atoms with Gasteiger partial charge in [0.2, 0.25) is 5.78 Å². The Hall–Kier alpha value is -3.74. The van der Waals surface area contributed by atoms with E-state index in [-0.39, 0.29) is 44.7 Å². The number of carbonyl (C=O) groups is 4. The Balaban J connectivity index is 2.23. The molecule has 47 heavy (non-hydrogen) atoms. The van der Waals surface area contributed by atoms with Crippen molar-refractivity contribution in [3.8, 4) is 5.75 Å². The molecule has 3 aliphatic rings. The lowest BCUT2D eigenvalue weighted by Gasteiger charge is -2.42. The van der Waals surface area contributed by atoms with Crippen molar-refractivity contribution < 1.29 is 49.8 Å². The standard InChI is InChI=1S/C36H47NO10/c1-15-11-10-12-16(2)35(46)37-26-20(6)31(42)24-23(32(26)43)14-19(5)30(41)25(24)29(40)18(4)13-17(3)28(39)22(8)34(45)36(9,47)33(44)21(7)27(15)38/h10-15,17,21-22,27-28,33-34,38-39,41,44-45,47H,1-9H3,(H,37,46)/b11-10-,16-12-,18-13-. The van der Waals surface area contributed by atoms with Gasteiger partial charge in [-0.15, -0.1) is 0 Å². The zero-order chi connectivity index (χ0) is 35.9. The molecule has 7 N–H and O–H groups in total. The van der Waals surface area contributed by atoms with E-state index in [1.807, 2.05) is 0 Å². The number of aromatic hydroxyl groups is 1. The molecular formula is C36H47NO10. The molecule has 11 heteroatoms. The topological polar surface area (TPSA) is 202 Å². The molecule has 9 unspecified atom stereocenters. The second-order valence-corrected chi connectivity index (χ2v) is 13.4. The number of aliphatic hydroxyl groups is 5. The molecule has 2 aliphatic heterocycles. The molecular weight excluding hydrogens is 606 g/mol. The van der Waals surface area contributed by atoms with Crippen LogP contribution in [0.1, 0.15) is 92.0 Å². The lowest BCUT2D eigenvalue weighted by molar-refractivity contribution is -0.187. The highest BCUT2D eigenvalue weighted by molar-refractivity contribution is 6.31. The average molecular weight is 654 g/mol. The number of carbonyl (C=O) groups excluding carboxylic acids is 4. The number of aryl methyl sites for hydroxylation is 1. The molecule has 4 bridgehead atoms. The van der Waals surface area contributed by atoms with E-state index in [1.165, 1.54) is 72.8 Å². The molecule has 0 spiro atoms. The molecule has 1 aliphatic carbocycles. The molecule has 1 aromatic carbocycles. The number of fused-ring (bicyclic) bond motifs is 15. The summed E-state index contributed by atoms with van der Waals surface area (Å²) in [7, 11) is 0. The molecule has 0 saturated carbocycles. The number of benzene rings is 1. The SMILES string of the molecule is CC1=C2NC(=O)/C(C)=C\C=C/C(C)C(O)C(C)C(O)C(C)(O)C(O)C(C)C(O)C(C)/C=C(/C)C(=O)c3c(O)c(C)cc(c3C1=O)C2=O. The smallest absolute Gasteiger partial charge is 0.251 e. The minimum atomic E-state index is -2.17. The van der Waals surface area contributed by atoms with Crippen LogP contribution in [0.15, 0.2) is 52.8 Å². The molecule has 2 heterocycles. The normalized spacial score (nSPS) is 36.4. The van der Waals surface area contributed by atoms with E-state index >= 15 is 0 Å². The van der Waals surface area contributed by atoms with Gasteiger partial charge in [0.15, 0.2) is 11.6 Å². The highest BCUT2D eigenvalue weighted by atomic mass is 16.4. The minimum Gasteiger partial charge on any atom is -0.507 e. The third-order valence-electron chi connectivity index (χ3n) is 9.71. The van der Waals surface area contributed by atoms with Gasteiger partial charge in [-0.25, -0.2) is 0 Å². The van der Waals surface area contributed by atoms with Crippen LogP contribution in [0.2, 0.25) is 0 Å². The number of hydrogen-bond acceptors (Lipinski definition) is 10. The van der Waals surface area contributed by atoms with Crippen LogP contribution in [-0.2, 0) is 4.79 Å². The Morgan fingerprint density at radius 1 is 0.745 bits per heavy atom. The quantitative estimate of drug-likeness (QED) is 0.218. The minimum absolute atomic E-state index is 0.0199. The van der Waals surface area contributed by atoms with Crippen LogP contribution >= 0.6 is 0 Å². The molecule has 4 rings (SSSR count). The van der Waals surface area contributed by atoms with E-state index in [9.17, 15) is 49.8 Å². The van der Waals surface area contributed by atoms with Crippen molar-refractivity contribution in [3.63, 3.8) is 0 Å². The first-order valence-corrected chi connectivity index (χ1v) is 15.7. The van der Waals surface area contributed by atoms with Crippen molar-refractivity contribution in [2.24, 2.45) is 23.7 Å². The lowest BCUT2D eigenvalue weighted by atomic mass is 9.74. The van der Waals surface area contributed by atoms with Gasteiger partial charge < -0.3 is 36.0 Å². The summed E-state index contributed by atoms with van der Waals surface area (Å²) >= 11 is 0. The zero-order valence-corrected chi connectivity index (χ0v) is 28.3. The number of amides is 1. The Labute approximate surface area is 275 Å². The van der Waals surface area contributed by atoms with Crippen LogP contribution in [0.5, 0.6) is 5.75 Å². The van der Waals surface area contributed by atoms with Gasteiger partial charge in [-0.1, -0.05) is 52.0 Å². The Morgan fingerprint density at radius 2 is 1.28 bits per heavy atom. The van der Waals surface area contributed by atoms with Gasteiger partial charge in [0.1, 0.15) is 11.4 Å². The van der Waals surface area contributed by atoms with Crippen LogP contribution in [0.25, 0.3) is 0 Å². The largest absolute Gasteiger partial charge is 0.507 e. The number of Topliss-reactive ketones (excluding diaryl/α,β-unsaturated/α-hetero) is 3. The van der Waals surface area contributed by atoms with Gasteiger partial charge in [0, 0.05) is 45.9 Å². The summed E-state index contributed by atoms with van der Waals surface area (Å²) in [6.45, 7) is 13.1. The number of allylic oxidation sites excluding steroid dienone is 5. The lowest BCUT2D eigenvalue weighted by Crippen LogP contribution is -2.58. The summed E-state index contributed by atoms with van der Waals surface area (Å²) in [6, 6.07) is 1.29. The van der Waals surface area contributed by atoms with Gasteiger partial charge >= 0.3 is 0 Å². The first-order valence-electron chi connectivity index (χ1n) is 15.7. The first kappa shape index (κ1) is 37.7. The number of ketones is 3. The summed E-state index contributed by atoms with van der Waals surface area (Å²) in [5.41, 5.74) is -3.09. The molecule has 256 valence electrons. The second kappa shape index (κ2) is 14.2. The molecule has 1 aromatic rings. The maximum absolute atomic E-state index is 13.8. The Bertz CT molecular complexity index is 1600. The summed E-state index contributed by atoms with van der Waals surface area (Å²) in [5, 5.41) is 69.2. The van der Waals surface area contributed by atoms with Crippen molar-refractivity contribution >= 4 is 23.3 Å². The fourth-order valence-electron chi connectivity index (χ4n) is 6.31. The molecule has 0 radical (unpaired) electrons. The maximum Gasteiger partial charge on any atom is 0.251 e. The summed E-state index contributed by atoms with van der Waals surface area (Å²) < 4.78 is 0. The first-order chi connectivity index (χ1) is 21.7. The number of aliphatic hydroxyl groups excluding tert-OH is 4. The molecule has 0 saturated heterocycles. The van der Waals surface area contributed by atoms with Crippen LogP contribution in [-0.4, -0.2) is 83.9 Å². The van der Waals surface area contributed by atoms with Crippen LogP contribution in [0.3, 0.4) is 0 Å². The monoisotopic (exact) mass is 653 g/mol. The zero-order valence-electron chi connectivity index (χ0n) is 28.3. The van der Waals surface area contributed by atoms with Gasteiger partial charge in [0.25, 0.3) is 5.91 Å². The highest BCUT2D eigenvalue weighted by Gasteiger charge is 2.47. The third kappa shape index (κ3) is 7.09. The fourth-order valence-corrected chi connectivity index (χ4v) is 6.31. The second-order valence-electron chi connectivity index (χ2n) is 13.4. The summed E-state index contributed by atoms with van der Waals surface area (Å²) in [4.78, 5) is 54.3. The Morgan fingerprint density at radius 3 is 1.83 bits per heavy atom. The van der Waals surface area contributed by atoms with Crippen molar-refractivity contribution in [2.45, 2.75) is 92.3 Å². The Kier molecular flexibility index (Phi) is 11.4. The highest BCUT2D eigenvalue weighted by Crippen LogP contribution is 2.37. The molecule has 0 fully saturated rings. The number of phenols is 1. The van der Waals surface area contributed by atoms with Crippen molar-refractivity contribution in [2.75, 3.05) is 0 Å². The predicted molar refractivity (Wildman–Crippen MR) is 175 cm³/mol. The van der Waals surface area contributed by atoms with E-state index in [0.717, 1.165) is 0 Å². The molecule has 11 nitrogen and oxygen atoms in total.